The third-order valence-electron chi connectivity index (χ3n) is 2.35. The van der Waals surface area contributed by atoms with E-state index >= 15 is 0 Å². The first-order valence-electron chi connectivity index (χ1n) is 6.62. The first-order chi connectivity index (χ1) is 8.24. The molecule has 96 valence electrons. The van der Waals surface area contributed by atoms with Gasteiger partial charge in [0.25, 0.3) is 0 Å². The Morgan fingerprint density at radius 3 is 2.41 bits per heavy atom. The maximum absolute atomic E-state index is 11.1. The lowest BCUT2D eigenvalue weighted by atomic mass is 10.1. The lowest BCUT2D eigenvalue weighted by Crippen LogP contribution is -1.99. The molecule has 0 aromatic rings. The van der Waals surface area contributed by atoms with Crippen LogP contribution in [-0.4, -0.2) is 12.6 Å². The van der Waals surface area contributed by atoms with Gasteiger partial charge in [0.15, 0.2) is 0 Å². The van der Waals surface area contributed by atoms with Crippen LogP contribution in [0.3, 0.4) is 0 Å². The van der Waals surface area contributed by atoms with Gasteiger partial charge in [0.2, 0.25) is 0 Å². The fourth-order valence-corrected chi connectivity index (χ4v) is 1.36. The van der Waals surface area contributed by atoms with Crippen molar-refractivity contribution < 1.29 is 9.53 Å². The van der Waals surface area contributed by atoms with E-state index in [-0.39, 0.29) is 0 Å². The van der Waals surface area contributed by atoms with Crippen LogP contribution in [0.2, 0.25) is 0 Å². The van der Waals surface area contributed by atoms with Gasteiger partial charge in [0.05, 0.1) is 6.61 Å². The number of carbonyl (C=O) groups is 1. The van der Waals surface area contributed by atoms with Crippen LogP contribution in [0.15, 0.2) is 11.6 Å². The highest BCUT2D eigenvalue weighted by Crippen LogP contribution is 2.09. The standard InChI is InChI=1S/C15H24O2/c1-4-7-9-11-14(10-8-5-2)12-13-15(16)17-6-3/h11H,4-10H2,1-3H3/b14-11+. The molecule has 0 unspecified atom stereocenters. The molecule has 0 fully saturated rings. The average molecular weight is 236 g/mol. The van der Waals surface area contributed by atoms with Crippen LogP contribution in [0.25, 0.3) is 0 Å². The molecule has 0 saturated heterocycles. The zero-order valence-corrected chi connectivity index (χ0v) is 11.3. The van der Waals surface area contributed by atoms with Crippen LogP contribution < -0.4 is 0 Å². The molecule has 0 heterocycles. The zero-order chi connectivity index (χ0) is 12.9. The van der Waals surface area contributed by atoms with Crippen LogP contribution in [0.1, 0.15) is 59.3 Å². The molecule has 0 bridgehead atoms. The van der Waals surface area contributed by atoms with Gasteiger partial charge in [0, 0.05) is 5.92 Å². The van der Waals surface area contributed by atoms with Gasteiger partial charge in [-0.3, -0.25) is 0 Å². The lowest BCUT2D eigenvalue weighted by Gasteiger charge is -1.98. The van der Waals surface area contributed by atoms with Crippen LogP contribution in [0, 0.1) is 11.8 Å². The first kappa shape index (κ1) is 15.8. The number of esters is 1. The number of ether oxygens (including phenoxy) is 1. The largest absolute Gasteiger partial charge is 0.456 e. The molecule has 0 aliphatic heterocycles. The van der Waals surface area contributed by atoms with Gasteiger partial charge in [-0.05, 0) is 31.8 Å². The molecule has 0 N–H and O–H groups in total. The highest BCUT2D eigenvalue weighted by atomic mass is 16.5. The summed E-state index contributed by atoms with van der Waals surface area (Å²) in [6, 6.07) is 0. The summed E-state index contributed by atoms with van der Waals surface area (Å²) >= 11 is 0. The van der Waals surface area contributed by atoms with Gasteiger partial charge in [-0.1, -0.05) is 45.1 Å². The van der Waals surface area contributed by atoms with E-state index in [9.17, 15) is 4.79 Å². The Labute approximate surface area is 105 Å². The summed E-state index contributed by atoms with van der Waals surface area (Å²) in [6.45, 7) is 6.50. The van der Waals surface area contributed by atoms with Crippen molar-refractivity contribution >= 4 is 5.97 Å². The van der Waals surface area contributed by atoms with E-state index < -0.39 is 5.97 Å². The number of allylic oxidation sites excluding steroid dienone is 2. The zero-order valence-electron chi connectivity index (χ0n) is 11.3. The third-order valence-corrected chi connectivity index (χ3v) is 2.35. The molecule has 0 rings (SSSR count). The van der Waals surface area contributed by atoms with E-state index in [2.05, 4.69) is 31.8 Å². The Balaban J connectivity index is 4.35. The van der Waals surface area contributed by atoms with Gasteiger partial charge in [-0.25, -0.2) is 4.79 Å². The van der Waals surface area contributed by atoms with Crippen molar-refractivity contribution in [3.63, 3.8) is 0 Å². The lowest BCUT2D eigenvalue weighted by molar-refractivity contribution is -0.136. The fraction of sp³-hybridized carbons (Fsp3) is 0.667. The second-order valence-corrected chi connectivity index (χ2v) is 3.95. The van der Waals surface area contributed by atoms with Gasteiger partial charge in [-0.2, -0.15) is 0 Å². The Kier molecular flexibility index (Phi) is 10.4. The molecule has 0 atom stereocenters. The summed E-state index contributed by atoms with van der Waals surface area (Å²) in [6.07, 6.45) is 8.80. The summed E-state index contributed by atoms with van der Waals surface area (Å²) in [5, 5.41) is 0. The first-order valence-corrected chi connectivity index (χ1v) is 6.62. The summed E-state index contributed by atoms with van der Waals surface area (Å²) in [5.41, 5.74) is 1.08. The van der Waals surface area contributed by atoms with Crippen LogP contribution >= 0.6 is 0 Å². The predicted molar refractivity (Wildman–Crippen MR) is 71.5 cm³/mol. The molecule has 17 heavy (non-hydrogen) atoms. The molecule has 0 amide bonds. The van der Waals surface area contributed by atoms with Gasteiger partial charge < -0.3 is 4.74 Å². The quantitative estimate of drug-likeness (QED) is 0.290. The topological polar surface area (TPSA) is 26.3 Å². The van der Waals surface area contributed by atoms with Crippen molar-refractivity contribution in [1.82, 2.24) is 0 Å². The Morgan fingerprint density at radius 1 is 1.12 bits per heavy atom. The average Bonchev–Trinajstić information content (AvgIpc) is 2.32. The molecule has 0 aliphatic carbocycles. The molecular formula is C15H24O2. The van der Waals surface area contributed by atoms with Crippen molar-refractivity contribution in [3.8, 4) is 11.8 Å². The minimum atomic E-state index is -0.426. The van der Waals surface area contributed by atoms with E-state index in [0.717, 1.165) is 31.3 Å². The second kappa shape index (κ2) is 11.3. The minimum absolute atomic E-state index is 0.386. The maximum atomic E-state index is 11.1. The van der Waals surface area contributed by atoms with Crippen molar-refractivity contribution in [2.24, 2.45) is 0 Å². The molecule has 2 nitrogen and oxygen atoms in total. The van der Waals surface area contributed by atoms with Crippen molar-refractivity contribution in [2.45, 2.75) is 59.3 Å². The van der Waals surface area contributed by atoms with Gasteiger partial charge in [-0.15, -0.1) is 0 Å². The number of hydrogen-bond donors (Lipinski definition) is 0. The van der Waals surface area contributed by atoms with Gasteiger partial charge >= 0.3 is 5.97 Å². The normalized spacial score (nSPS) is 10.6. The molecule has 0 aromatic heterocycles. The number of unbranched alkanes of at least 4 members (excludes halogenated alkanes) is 3. The molecule has 0 saturated carbocycles. The summed E-state index contributed by atoms with van der Waals surface area (Å²) in [5.74, 6) is 5.05. The molecule has 0 aromatic carbocycles. The molecule has 0 spiro atoms. The van der Waals surface area contributed by atoms with Crippen molar-refractivity contribution in [2.75, 3.05) is 6.61 Å². The number of hydrogen-bond acceptors (Lipinski definition) is 2. The van der Waals surface area contributed by atoms with Crippen LogP contribution in [0.5, 0.6) is 0 Å². The van der Waals surface area contributed by atoms with Gasteiger partial charge in [0.1, 0.15) is 0 Å². The van der Waals surface area contributed by atoms with Crippen LogP contribution in [0.4, 0.5) is 0 Å². The van der Waals surface area contributed by atoms with E-state index in [0.29, 0.717) is 6.61 Å². The van der Waals surface area contributed by atoms with E-state index in [1.54, 1.807) is 6.92 Å². The second-order valence-electron chi connectivity index (χ2n) is 3.95. The fourth-order valence-electron chi connectivity index (χ4n) is 1.36. The summed E-state index contributed by atoms with van der Waals surface area (Å²) in [4.78, 5) is 11.1. The van der Waals surface area contributed by atoms with E-state index in [4.69, 9.17) is 4.74 Å². The van der Waals surface area contributed by atoms with E-state index in [1.165, 1.54) is 12.8 Å². The molecule has 0 radical (unpaired) electrons. The van der Waals surface area contributed by atoms with Crippen LogP contribution in [-0.2, 0) is 9.53 Å². The molecular weight excluding hydrogens is 212 g/mol. The summed E-state index contributed by atoms with van der Waals surface area (Å²) < 4.78 is 4.78. The maximum Gasteiger partial charge on any atom is 0.384 e. The third kappa shape index (κ3) is 9.68. The Morgan fingerprint density at radius 2 is 1.82 bits per heavy atom. The number of rotatable bonds is 7. The predicted octanol–water partition coefficient (Wildman–Crippen LogP) is 3.86. The Hall–Kier alpha value is -1.23. The minimum Gasteiger partial charge on any atom is -0.456 e. The van der Waals surface area contributed by atoms with E-state index in [1.807, 2.05) is 0 Å². The summed E-state index contributed by atoms with van der Waals surface area (Å²) in [7, 11) is 0. The number of carbonyl (C=O) groups excluding carboxylic acids is 1. The molecule has 2 heteroatoms. The smallest absolute Gasteiger partial charge is 0.384 e. The highest BCUT2D eigenvalue weighted by Gasteiger charge is 1.96. The highest BCUT2D eigenvalue weighted by molar-refractivity contribution is 5.89. The van der Waals surface area contributed by atoms with Crippen molar-refractivity contribution in [3.05, 3.63) is 11.6 Å². The SMILES string of the molecule is CCCC/C=C(/C#CC(=O)OCC)CCCC. The molecule has 0 aliphatic rings. The monoisotopic (exact) mass is 236 g/mol. The Bertz CT molecular complexity index is 292. The van der Waals surface area contributed by atoms with Crippen molar-refractivity contribution in [1.29, 1.82) is 0 Å².